The zero-order chi connectivity index (χ0) is 16.7. The number of hydrogen-bond acceptors (Lipinski definition) is 5. The lowest BCUT2D eigenvalue weighted by Gasteiger charge is -2.05. The molecule has 5 nitrogen and oxygen atoms in total. The normalized spacial score (nSPS) is 10.5. The summed E-state index contributed by atoms with van der Waals surface area (Å²) in [5.74, 6) is 0.178. The molecule has 1 heterocycles. The summed E-state index contributed by atoms with van der Waals surface area (Å²) in [6.45, 7) is 2.52. The summed E-state index contributed by atoms with van der Waals surface area (Å²) >= 11 is 2.87. The minimum absolute atomic E-state index is 0.0160. The lowest BCUT2D eigenvalue weighted by molar-refractivity contribution is -0.118. The van der Waals surface area contributed by atoms with E-state index in [0.717, 1.165) is 10.8 Å². The fourth-order valence-electron chi connectivity index (χ4n) is 1.95. The lowest BCUT2D eigenvalue weighted by Crippen LogP contribution is -2.27. The van der Waals surface area contributed by atoms with Crippen molar-refractivity contribution in [2.75, 3.05) is 12.3 Å². The van der Waals surface area contributed by atoms with Gasteiger partial charge in [-0.3, -0.25) is 4.79 Å². The molecule has 7 heteroatoms. The molecule has 0 bridgehead atoms. The Morgan fingerprint density at radius 1 is 1.39 bits per heavy atom. The Kier molecular flexibility index (Phi) is 6.61. The van der Waals surface area contributed by atoms with Crippen molar-refractivity contribution in [3.63, 3.8) is 0 Å². The minimum Gasteiger partial charge on any atom is -0.476 e. The van der Waals surface area contributed by atoms with Crippen LogP contribution in [0.3, 0.4) is 0 Å². The first-order valence-corrected chi connectivity index (χ1v) is 9.15. The van der Waals surface area contributed by atoms with Gasteiger partial charge in [-0.1, -0.05) is 29.8 Å². The average Bonchev–Trinajstić information content (AvgIpc) is 2.96. The largest absolute Gasteiger partial charge is 0.476 e. The topological polar surface area (TPSA) is 79.3 Å². The summed E-state index contributed by atoms with van der Waals surface area (Å²) in [7, 11) is 0. The van der Waals surface area contributed by atoms with Gasteiger partial charge in [0.1, 0.15) is 0 Å². The smallest absolute Gasteiger partial charge is 0.355 e. The molecule has 0 unspecified atom stereocenters. The van der Waals surface area contributed by atoms with Crippen LogP contribution in [0.2, 0.25) is 0 Å². The maximum Gasteiger partial charge on any atom is 0.355 e. The molecule has 0 aliphatic rings. The molecule has 0 saturated heterocycles. The van der Waals surface area contributed by atoms with Gasteiger partial charge >= 0.3 is 5.97 Å². The van der Waals surface area contributed by atoms with Crippen molar-refractivity contribution in [3.8, 4) is 0 Å². The van der Waals surface area contributed by atoms with Crippen molar-refractivity contribution in [3.05, 3.63) is 51.5 Å². The molecule has 0 fully saturated rings. The van der Waals surface area contributed by atoms with E-state index in [2.05, 4.69) is 35.4 Å². The molecule has 2 rings (SSSR count). The first kappa shape index (κ1) is 17.5. The van der Waals surface area contributed by atoms with Crippen LogP contribution in [0.1, 0.15) is 26.6 Å². The monoisotopic (exact) mass is 350 g/mol. The molecule has 23 heavy (non-hydrogen) atoms. The van der Waals surface area contributed by atoms with Gasteiger partial charge in [-0.25, -0.2) is 9.78 Å². The number of amides is 1. The van der Waals surface area contributed by atoms with Crippen LogP contribution in [0.15, 0.2) is 29.6 Å². The molecule has 2 aromatic rings. The maximum atomic E-state index is 11.8. The average molecular weight is 350 g/mol. The van der Waals surface area contributed by atoms with Gasteiger partial charge in [0.15, 0.2) is 5.69 Å². The third-order valence-electron chi connectivity index (χ3n) is 3.02. The number of nitrogens with one attached hydrogen (secondary N) is 1. The van der Waals surface area contributed by atoms with Crippen LogP contribution in [0.5, 0.6) is 0 Å². The number of aromatic carboxylic acids is 1. The molecule has 1 amide bonds. The van der Waals surface area contributed by atoms with Gasteiger partial charge in [-0.05, 0) is 12.5 Å². The van der Waals surface area contributed by atoms with Gasteiger partial charge in [0.25, 0.3) is 0 Å². The molecule has 0 spiro atoms. The standard InChI is InChI=1S/C16H18N2O3S2/c1-11-3-2-4-12(7-11)8-22-10-14(19)17-6-5-15-18-13(9-23-15)16(20)21/h2-4,7,9H,5-6,8,10H2,1H3,(H,17,19)(H,20,21). The van der Waals surface area contributed by atoms with E-state index in [9.17, 15) is 9.59 Å². The summed E-state index contributed by atoms with van der Waals surface area (Å²) in [4.78, 5) is 26.5. The van der Waals surface area contributed by atoms with E-state index in [0.29, 0.717) is 18.7 Å². The van der Waals surface area contributed by atoms with Gasteiger partial charge in [0, 0.05) is 24.1 Å². The molecular formula is C16H18N2O3S2. The maximum absolute atomic E-state index is 11.8. The highest BCUT2D eigenvalue weighted by molar-refractivity contribution is 7.99. The number of aromatic nitrogens is 1. The molecule has 2 N–H and O–H groups in total. The molecule has 1 aromatic carbocycles. The van der Waals surface area contributed by atoms with E-state index in [-0.39, 0.29) is 11.6 Å². The van der Waals surface area contributed by atoms with Crippen LogP contribution >= 0.6 is 23.1 Å². The number of rotatable bonds is 8. The van der Waals surface area contributed by atoms with Crippen molar-refractivity contribution in [1.29, 1.82) is 0 Å². The van der Waals surface area contributed by atoms with Crippen LogP contribution in [0, 0.1) is 6.92 Å². The number of thioether (sulfide) groups is 1. The number of carboxylic acids is 1. The zero-order valence-corrected chi connectivity index (χ0v) is 14.4. The predicted octanol–water partition coefficient (Wildman–Crippen LogP) is 2.74. The molecule has 0 radical (unpaired) electrons. The highest BCUT2D eigenvalue weighted by Crippen LogP contribution is 2.13. The van der Waals surface area contributed by atoms with Gasteiger partial charge in [-0.2, -0.15) is 0 Å². The number of thiazole rings is 1. The summed E-state index contributed by atoms with van der Waals surface area (Å²) in [5, 5.41) is 13.8. The van der Waals surface area contributed by atoms with Crippen molar-refractivity contribution < 1.29 is 14.7 Å². The summed E-state index contributed by atoms with van der Waals surface area (Å²) in [6, 6.07) is 8.24. The number of nitrogens with zero attached hydrogens (tertiary/aromatic N) is 1. The Hall–Kier alpha value is -1.86. The van der Waals surface area contributed by atoms with Crippen molar-refractivity contribution >= 4 is 35.0 Å². The van der Waals surface area contributed by atoms with Gasteiger partial charge < -0.3 is 10.4 Å². The Labute approximate surface area is 143 Å². The quantitative estimate of drug-likeness (QED) is 0.765. The third kappa shape index (κ3) is 6.03. The molecule has 0 atom stereocenters. The second-order valence-electron chi connectivity index (χ2n) is 5.01. The van der Waals surface area contributed by atoms with E-state index >= 15 is 0 Å². The van der Waals surface area contributed by atoms with E-state index in [1.54, 1.807) is 11.8 Å². The van der Waals surface area contributed by atoms with Crippen molar-refractivity contribution in [2.45, 2.75) is 19.1 Å². The van der Waals surface area contributed by atoms with Gasteiger partial charge in [0.2, 0.25) is 5.91 Å². The van der Waals surface area contributed by atoms with Crippen molar-refractivity contribution in [1.82, 2.24) is 10.3 Å². The summed E-state index contributed by atoms with van der Waals surface area (Å²) < 4.78 is 0. The van der Waals surface area contributed by atoms with E-state index in [4.69, 9.17) is 5.11 Å². The van der Waals surface area contributed by atoms with Gasteiger partial charge in [-0.15, -0.1) is 23.1 Å². The first-order valence-electron chi connectivity index (χ1n) is 7.12. The summed E-state index contributed by atoms with van der Waals surface area (Å²) in [5.41, 5.74) is 2.49. The molecule has 1 aromatic heterocycles. The van der Waals surface area contributed by atoms with Crippen LogP contribution in [-0.4, -0.2) is 34.3 Å². The van der Waals surface area contributed by atoms with Crippen LogP contribution in [-0.2, 0) is 17.0 Å². The Balaban J connectivity index is 1.64. The lowest BCUT2D eigenvalue weighted by atomic mass is 10.2. The second-order valence-corrected chi connectivity index (χ2v) is 6.94. The minimum atomic E-state index is -1.02. The fourth-order valence-corrected chi connectivity index (χ4v) is 3.52. The van der Waals surface area contributed by atoms with Crippen LogP contribution < -0.4 is 5.32 Å². The van der Waals surface area contributed by atoms with Gasteiger partial charge in [0.05, 0.1) is 10.8 Å². The number of hydrogen-bond donors (Lipinski definition) is 2. The summed E-state index contributed by atoms with van der Waals surface area (Å²) in [6.07, 6.45) is 0.548. The van der Waals surface area contributed by atoms with Crippen LogP contribution in [0.25, 0.3) is 0 Å². The van der Waals surface area contributed by atoms with Crippen LogP contribution in [0.4, 0.5) is 0 Å². The Morgan fingerprint density at radius 2 is 2.22 bits per heavy atom. The Morgan fingerprint density at radius 3 is 2.91 bits per heavy atom. The highest BCUT2D eigenvalue weighted by Gasteiger charge is 2.09. The van der Waals surface area contributed by atoms with E-state index < -0.39 is 5.97 Å². The second kappa shape index (κ2) is 8.69. The Bertz CT molecular complexity index is 685. The first-order chi connectivity index (χ1) is 11.0. The zero-order valence-electron chi connectivity index (χ0n) is 12.7. The van der Waals surface area contributed by atoms with Crippen molar-refractivity contribution in [2.24, 2.45) is 0 Å². The number of carboxylic acid groups (broad SMARTS) is 1. The third-order valence-corrected chi connectivity index (χ3v) is 4.93. The number of benzene rings is 1. The molecule has 0 saturated carbocycles. The molecule has 0 aliphatic heterocycles. The predicted molar refractivity (Wildman–Crippen MR) is 93.1 cm³/mol. The number of aryl methyl sites for hydroxylation is 1. The molecule has 0 aliphatic carbocycles. The van der Waals surface area contributed by atoms with E-state index in [1.807, 2.05) is 6.07 Å². The SMILES string of the molecule is Cc1cccc(CSCC(=O)NCCc2nc(C(=O)O)cs2)c1. The van der Waals surface area contributed by atoms with E-state index in [1.165, 1.54) is 27.8 Å². The number of carbonyl (C=O) groups is 2. The highest BCUT2D eigenvalue weighted by atomic mass is 32.2. The number of carbonyl (C=O) groups excluding carboxylic acids is 1. The fraction of sp³-hybridized carbons (Fsp3) is 0.312. The molecule has 122 valence electrons. The molecular weight excluding hydrogens is 332 g/mol.